The fourth-order valence-corrected chi connectivity index (χ4v) is 9.02. The van der Waals surface area contributed by atoms with Crippen LogP contribution in [0.4, 0.5) is 0 Å². The molecular weight excluding hydrogens is 649 g/mol. The Morgan fingerprint density at radius 2 is 0.630 bits per heavy atom. The van der Waals surface area contributed by atoms with Crippen molar-refractivity contribution >= 4 is 12.2 Å². The molecule has 306 valence electrons. The minimum atomic E-state index is 1.21. The Kier molecular flexibility index (Phi) is 29.7. The van der Waals surface area contributed by atoms with Crippen LogP contribution >= 0.6 is 0 Å². The van der Waals surface area contributed by atoms with E-state index >= 15 is 0 Å². The van der Waals surface area contributed by atoms with Gasteiger partial charge in [-0.2, -0.15) is 0 Å². The Balaban J connectivity index is 0.932. The van der Waals surface area contributed by atoms with Crippen molar-refractivity contribution in [1.82, 2.24) is 0 Å². The molecular formula is C54H90. The van der Waals surface area contributed by atoms with Crippen LogP contribution in [0.3, 0.4) is 0 Å². The number of fused-ring (bicyclic) bond motifs is 3. The van der Waals surface area contributed by atoms with Crippen LogP contribution < -0.4 is 10.4 Å². The van der Waals surface area contributed by atoms with Crippen LogP contribution in [-0.2, 0) is 0 Å². The van der Waals surface area contributed by atoms with Gasteiger partial charge in [-0.3, -0.25) is 0 Å². The molecule has 0 unspecified atom stereocenters. The van der Waals surface area contributed by atoms with Gasteiger partial charge in [-0.1, -0.05) is 293 Å². The molecule has 0 radical (unpaired) electrons. The summed E-state index contributed by atoms with van der Waals surface area (Å²) in [5.74, 6) is 0. The van der Waals surface area contributed by atoms with Crippen molar-refractivity contribution < 1.29 is 0 Å². The van der Waals surface area contributed by atoms with Crippen LogP contribution in [-0.4, -0.2) is 0 Å². The summed E-state index contributed by atoms with van der Waals surface area (Å²) in [6.07, 6.45) is 61.9. The van der Waals surface area contributed by atoms with E-state index in [-0.39, 0.29) is 0 Å². The fourth-order valence-electron chi connectivity index (χ4n) is 9.02. The molecule has 0 nitrogen and oxygen atoms in total. The van der Waals surface area contributed by atoms with Crippen LogP contribution in [0.1, 0.15) is 263 Å². The molecule has 0 aromatic heterocycles. The standard InChI is InChI=1S/C54H90/c1-2-3-4-5-6-7-8-9-10-11-12-13-14-15-16-17-18-19-20-21-22-23-24-25-26-27-28-29-30-31-32-33-34-35-36-37-38-39-40-44-50-46-43-48-53-52-47-42-41-45-51(52)49-54(50)53/h41-49H,2-40H2,1H3. The van der Waals surface area contributed by atoms with Gasteiger partial charge >= 0.3 is 0 Å². The smallest absolute Gasteiger partial charge is 0.00993 e. The highest BCUT2D eigenvalue weighted by Crippen LogP contribution is 2.25. The normalized spacial score (nSPS) is 12.4. The molecule has 0 atom stereocenters. The Hall–Kier alpha value is -1.82. The highest BCUT2D eigenvalue weighted by atomic mass is 14.1. The van der Waals surface area contributed by atoms with E-state index in [1.807, 2.05) is 0 Å². The van der Waals surface area contributed by atoms with Gasteiger partial charge in [0.15, 0.2) is 0 Å². The molecule has 0 heterocycles. The van der Waals surface area contributed by atoms with E-state index in [1.165, 1.54) is 278 Å². The number of rotatable bonds is 39. The van der Waals surface area contributed by atoms with Crippen LogP contribution in [0.15, 0.2) is 42.5 Å². The highest BCUT2D eigenvalue weighted by molar-refractivity contribution is 5.82. The largest absolute Gasteiger partial charge is 0.0766 e. The third-order valence-corrected chi connectivity index (χ3v) is 12.6. The van der Waals surface area contributed by atoms with Crippen molar-refractivity contribution in [2.75, 3.05) is 0 Å². The van der Waals surface area contributed by atoms with Crippen molar-refractivity contribution in [2.24, 2.45) is 0 Å². The van der Waals surface area contributed by atoms with Crippen LogP contribution in [0.25, 0.3) is 23.3 Å². The van der Waals surface area contributed by atoms with Crippen LogP contribution in [0.2, 0.25) is 0 Å². The van der Waals surface area contributed by atoms with Crippen molar-refractivity contribution in [3.63, 3.8) is 0 Å². The molecule has 0 saturated heterocycles. The second kappa shape index (κ2) is 34.4. The lowest BCUT2D eigenvalue weighted by atomic mass is 10.0. The second-order valence-corrected chi connectivity index (χ2v) is 17.6. The minimum absolute atomic E-state index is 1.21. The number of hydrogen-bond acceptors (Lipinski definition) is 0. The molecule has 0 heteroatoms. The summed E-state index contributed by atoms with van der Waals surface area (Å²) in [7, 11) is 0. The van der Waals surface area contributed by atoms with Gasteiger partial charge in [-0.05, 0) is 46.0 Å². The molecule has 2 aromatic carbocycles. The van der Waals surface area contributed by atoms with E-state index in [9.17, 15) is 0 Å². The summed E-state index contributed by atoms with van der Waals surface area (Å²) < 4.78 is 0. The molecule has 0 N–H and O–H groups in total. The molecule has 0 fully saturated rings. The first-order chi connectivity index (χ1) is 26.9. The third-order valence-electron chi connectivity index (χ3n) is 12.6. The van der Waals surface area contributed by atoms with E-state index in [2.05, 4.69) is 61.5 Å². The predicted octanol–water partition coefficient (Wildman–Crippen LogP) is 17.5. The molecule has 0 bridgehead atoms. The minimum Gasteiger partial charge on any atom is -0.0766 e. The lowest BCUT2D eigenvalue weighted by molar-refractivity contribution is 0.510. The number of hydrogen-bond donors (Lipinski definition) is 0. The quantitative estimate of drug-likeness (QED) is 0.0511. The third kappa shape index (κ3) is 23.3. The van der Waals surface area contributed by atoms with Crippen molar-refractivity contribution in [3.05, 3.63) is 58.5 Å². The van der Waals surface area contributed by atoms with Gasteiger partial charge in [0.05, 0.1) is 0 Å². The zero-order chi connectivity index (χ0) is 37.8. The van der Waals surface area contributed by atoms with E-state index in [1.54, 1.807) is 0 Å². The maximum atomic E-state index is 2.48. The Morgan fingerprint density at radius 1 is 0.315 bits per heavy atom. The monoisotopic (exact) mass is 739 g/mol. The molecule has 3 rings (SSSR count). The van der Waals surface area contributed by atoms with Crippen LogP contribution in [0.5, 0.6) is 0 Å². The van der Waals surface area contributed by atoms with Gasteiger partial charge in [0.2, 0.25) is 0 Å². The molecule has 0 spiro atoms. The summed E-state index contributed by atoms with van der Waals surface area (Å²) in [5, 5.41) is 2.85. The van der Waals surface area contributed by atoms with E-state index in [4.69, 9.17) is 0 Å². The molecule has 0 aliphatic heterocycles. The van der Waals surface area contributed by atoms with E-state index in [0.717, 1.165) is 0 Å². The van der Waals surface area contributed by atoms with Gasteiger partial charge in [-0.25, -0.2) is 0 Å². The first-order valence-corrected chi connectivity index (χ1v) is 24.8. The molecule has 0 amide bonds. The van der Waals surface area contributed by atoms with Gasteiger partial charge in [0.25, 0.3) is 0 Å². The predicted molar refractivity (Wildman–Crippen MR) is 245 cm³/mol. The van der Waals surface area contributed by atoms with Crippen molar-refractivity contribution in [1.29, 1.82) is 0 Å². The van der Waals surface area contributed by atoms with E-state index in [0.29, 0.717) is 0 Å². The zero-order valence-corrected chi connectivity index (χ0v) is 36.3. The average Bonchev–Trinajstić information content (AvgIpc) is 3.58. The molecule has 2 aromatic rings. The van der Waals surface area contributed by atoms with E-state index < -0.39 is 0 Å². The topological polar surface area (TPSA) is 0 Å². The first-order valence-electron chi connectivity index (χ1n) is 24.8. The summed E-state index contributed by atoms with van der Waals surface area (Å²) in [5.41, 5.74) is 4.17. The Labute approximate surface area is 337 Å². The van der Waals surface area contributed by atoms with Crippen molar-refractivity contribution in [3.8, 4) is 11.1 Å². The first kappa shape index (κ1) is 46.6. The summed E-state index contributed by atoms with van der Waals surface area (Å²) in [6, 6.07) is 15.6. The summed E-state index contributed by atoms with van der Waals surface area (Å²) in [4.78, 5) is 0. The Morgan fingerprint density at radius 3 is 1.00 bits per heavy atom. The summed E-state index contributed by atoms with van der Waals surface area (Å²) in [6.45, 7) is 2.31. The molecule has 0 saturated carbocycles. The maximum Gasteiger partial charge on any atom is -0.00993 e. The molecule has 54 heavy (non-hydrogen) atoms. The summed E-state index contributed by atoms with van der Waals surface area (Å²) >= 11 is 0. The van der Waals surface area contributed by atoms with Gasteiger partial charge in [0.1, 0.15) is 0 Å². The average molecular weight is 739 g/mol. The second-order valence-electron chi connectivity index (χ2n) is 17.6. The molecule has 1 aliphatic carbocycles. The van der Waals surface area contributed by atoms with Crippen LogP contribution in [0, 0.1) is 0 Å². The number of unbranched alkanes of at least 4 members (excludes halogenated alkanes) is 38. The SMILES string of the molecule is CCCCCCCCCCCCCCCCCCCCCCCCCCCCCCCCCCCCCCCCC=c1cccc2c1=Cc1ccccc1-2. The van der Waals surface area contributed by atoms with Gasteiger partial charge in [-0.15, -0.1) is 0 Å². The van der Waals surface area contributed by atoms with Gasteiger partial charge < -0.3 is 0 Å². The van der Waals surface area contributed by atoms with Crippen molar-refractivity contribution in [2.45, 2.75) is 257 Å². The lowest BCUT2D eigenvalue weighted by Crippen LogP contribution is -2.24. The maximum absolute atomic E-state index is 2.48. The van der Waals surface area contributed by atoms with Gasteiger partial charge in [0, 0.05) is 0 Å². The lowest BCUT2D eigenvalue weighted by Gasteiger charge is -2.05. The highest BCUT2D eigenvalue weighted by Gasteiger charge is 2.10. The zero-order valence-electron chi connectivity index (χ0n) is 36.3. The fraction of sp³-hybridized carbons (Fsp3) is 0.741. The molecule has 1 aliphatic rings. The number of benzene rings is 2. The Bertz CT molecular complexity index is 1230.